The van der Waals surface area contributed by atoms with E-state index in [1.807, 2.05) is 38.1 Å². The van der Waals surface area contributed by atoms with Gasteiger partial charge in [0.25, 0.3) is 5.91 Å². The summed E-state index contributed by atoms with van der Waals surface area (Å²) >= 11 is 0. The maximum absolute atomic E-state index is 12.6. The van der Waals surface area contributed by atoms with Crippen LogP contribution in [-0.4, -0.2) is 40.0 Å². The van der Waals surface area contributed by atoms with Crippen molar-refractivity contribution in [3.8, 4) is 0 Å². The number of carbonyl (C=O) groups is 2. The van der Waals surface area contributed by atoms with Gasteiger partial charge in [-0.15, -0.1) is 0 Å². The smallest absolute Gasteiger partial charge is 0.308 e. The number of aryl methyl sites for hydroxylation is 1. The minimum absolute atomic E-state index is 0.0220. The van der Waals surface area contributed by atoms with Gasteiger partial charge in [0.05, 0.1) is 11.4 Å². The maximum atomic E-state index is 12.6. The van der Waals surface area contributed by atoms with E-state index in [1.165, 1.54) is 0 Å². The Bertz CT molecular complexity index is 757. The van der Waals surface area contributed by atoms with Gasteiger partial charge in [-0.1, -0.05) is 13.0 Å². The SMILES string of the molecule is Cc1ccc2cc(C(=O)N3C[C@@H](C)[C@H](C(=O)O)C3)ccc2n1. The van der Waals surface area contributed by atoms with E-state index >= 15 is 0 Å². The van der Waals surface area contributed by atoms with Crippen molar-refractivity contribution < 1.29 is 14.7 Å². The molecule has 1 N–H and O–H groups in total. The number of hydrogen-bond donors (Lipinski definition) is 1. The highest BCUT2D eigenvalue weighted by Gasteiger charge is 2.37. The lowest BCUT2D eigenvalue weighted by Gasteiger charge is -2.16. The Balaban J connectivity index is 1.86. The van der Waals surface area contributed by atoms with Crippen LogP contribution in [0.25, 0.3) is 10.9 Å². The fourth-order valence-electron chi connectivity index (χ4n) is 3.00. The molecular formula is C17H18N2O3. The van der Waals surface area contributed by atoms with Gasteiger partial charge in [-0.05, 0) is 37.1 Å². The van der Waals surface area contributed by atoms with Gasteiger partial charge in [-0.2, -0.15) is 0 Å². The molecular weight excluding hydrogens is 280 g/mol. The fourth-order valence-corrected chi connectivity index (χ4v) is 3.00. The topological polar surface area (TPSA) is 70.5 Å². The van der Waals surface area contributed by atoms with E-state index in [1.54, 1.807) is 11.0 Å². The Labute approximate surface area is 128 Å². The lowest BCUT2D eigenvalue weighted by atomic mass is 9.99. The average molecular weight is 298 g/mol. The zero-order chi connectivity index (χ0) is 15.9. The summed E-state index contributed by atoms with van der Waals surface area (Å²) in [6.07, 6.45) is 0. The second kappa shape index (κ2) is 5.40. The lowest BCUT2D eigenvalue weighted by molar-refractivity contribution is -0.142. The van der Waals surface area contributed by atoms with Crippen molar-refractivity contribution in [1.82, 2.24) is 9.88 Å². The van der Waals surface area contributed by atoms with Crippen molar-refractivity contribution in [2.75, 3.05) is 13.1 Å². The molecule has 1 amide bonds. The molecule has 2 heterocycles. The fraction of sp³-hybridized carbons (Fsp3) is 0.353. The standard InChI is InChI=1S/C17H18N2O3/c1-10-8-19(9-14(10)17(21)22)16(20)13-5-6-15-12(7-13)4-3-11(2)18-15/h3-7,10,14H,8-9H2,1-2H3,(H,21,22)/t10-,14-/m1/s1. The van der Waals surface area contributed by atoms with E-state index in [4.69, 9.17) is 0 Å². The molecule has 1 aliphatic rings. The number of amides is 1. The molecule has 0 aliphatic carbocycles. The average Bonchev–Trinajstić information content (AvgIpc) is 2.88. The number of carboxylic acid groups (broad SMARTS) is 1. The third-order valence-corrected chi connectivity index (χ3v) is 4.29. The van der Waals surface area contributed by atoms with Crippen LogP contribution in [-0.2, 0) is 4.79 Å². The Kier molecular flexibility index (Phi) is 3.56. The van der Waals surface area contributed by atoms with Crippen molar-refractivity contribution in [3.05, 3.63) is 41.6 Å². The molecule has 5 nitrogen and oxygen atoms in total. The molecule has 0 unspecified atom stereocenters. The Morgan fingerprint density at radius 1 is 1.23 bits per heavy atom. The first kappa shape index (κ1) is 14.5. The first-order chi connectivity index (χ1) is 10.5. The molecule has 114 valence electrons. The molecule has 1 fully saturated rings. The quantitative estimate of drug-likeness (QED) is 0.923. The summed E-state index contributed by atoms with van der Waals surface area (Å²) in [7, 11) is 0. The third kappa shape index (κ3) is 2.54. The molecule has 2 atom stereocenters. The van der Waals surface area contributed by atoms with Crippen molar-refractivity contribution in [1.29, 1.82) is 0 Å². The number of likely N-dealkylation sites (tertiary alicyclic amines) is 1. The number of carboxylic acids is 1. The predicted molar refractivity (Wildman–Crippen MR) is 82.7 cm³/mol. The molecule has 0 spiro atoms. The summed E-state index contributed by atoms with van der Waals surface area (Å²) in [6, 6.07) is 9.28. The second-order valence-corrected chi connectivity index (χ2v) is 5.99. The minimum atomic E-state index is -0.832. The monoisotopic (exact) mass is 298 g/mol. The van der Waals surface area contributed by atoms with Crippen molar-refractivity contribution >= 4 is 22.8 Å². The molecule has 2 aromatic rings. The van der Waals surface area contributed by atoms with Crippen molar-refractivity contribution in [2.45, 2.75) is 13.8 Å². The summed E-state index contributed by atoms with van der Waals surface area (Å²) in [6.45, 7) is 4.56. The maximum Gasteiger partial charge on any atom is 0.308 e. The van der Waals surface area contributed by atoms with Gasteiger partial charge in [0, 0.05) is 29.7 Å². The van der Waals surface area contributed by atoms with Crippen LogP contribution >= 0.6 is 0 Å². The summed E-state index contributed by atoms with van der Waals surface area (Å²) in [5.41, 5.74) is 2.37. The highest BCUT2D eigenvalue weighted by atomic mass is 16.4. The summed E-state index contributed by atoms with van der Waals surface area (Å²) in [5, 5.41) is 10.1. The van der Waals surface area contributed by atoms with E-state index < -0.39 is 11.9 Å². The van der Waals surface area contributed by atoms with Gasteiger partial charge >= 0.3 is 5.97 Å². The van der Waals surface area contributed by atoms with Crippen molar-refractivity contribution in [2.24, 2.45) is 11.8 Å². The van der Waals surface area contributed by atoms with Gasteiger partial charge in [0.1, 0.15) is 0 Å². The molecule has 3 rings (SSSR count). The van der Waals surface area contributed by atoms with Crippen LogP contribution in [0.15, 0.2) is 30.3 Å². The first-order valence-electron chi connectivity index (χ1n) is 7.35. The molecule has 0 bridgehead atoms. The van der Waals surface area contributed by atoms with E-state index in [-0.39, 0.29) is 18.4 Å². The van der Waals surface area contributed by atoms with Crippen LogP contribution in [0.1, 0.15) is 23.0 Å². The van der Waals surface area contributed by atoms with Crippen LogP contribution in [0.5, 0.6) is 0 Å². The number of benzene rings is 1. The number of fused-ring (bicyclic) bond motifs is 1. The van der Waals surface area contributed by atoms with E-state index in [0.29, 0.717) is 12.1 Å². The number of aliphatic carboxylic acids is 1. The minimum Gasteiger partial charge on any atom is -0.481 e. The van der Waals surface area contributed by atoms with Gasteiger partial charge in [-0.25, -0.2) is 0 Å². The Morgan fingerprint density at radius 2 is 2.00 bits per heavy atom. The molecule has 1 saturated heterocycles. The van der Waals surface area contributed by atoms with Crippen LogP contribution in [0, 0.1) is 18.8 Å². The van der Waals surface area contributed by atoms with Crippen LogP contribution in [0.3, 0.4) is 0 Å². The molecule has 0 radical (unpaired) electrons. The number of hydrogen-bond acceptors (Lipinski definition) is 3. The van der Waals surface area contributed by atoms with Gasteiger partial charge in [0.2, 0.25) is 0 Å². The largest absolute Gasteiger partial charge is 0.481 e. The predicted octanol–water partition coefficient (Wildman–Crippen LogP) is 2.34. The Morgan fingerprint density at radius 3 is 2.68 bits per heavy atom. The number of pyridine rings is 1. The zero-order valence-corrected chi connectivity index (χ0v) is 12.6. The number of rotatable bonds is 2. The number of nitrogens with zero attached hydrogens (tertiary/aromatic N) is 2. The van der Waals surface area contributed by atoms with Crippen LogP contribution < -0.4 is 0 Å². The second-order valence-electron chi connectivity index (χ2n) is 5.99. The summed E-state index contributed by atoms with van der Waals surface area (Å²) < 4.78 is 0. The first-order valence-corrected chi connectivity index (χ1v) is 7.35. The number of carbonyl (C=O) groups excluding carboxylic acids is 1. The lowest BCUT2D eigenvalue weighted by Crippen LogP contribution is -2.29. The summed E-state index contributed by atoms with van der Waals surface area (Å²) in [4.78, 5) is 29.8. The highest BCUT2D eigenvalue weighted by Crippen LogP contribution is 2.25. The van der Waals surface area contributed by atoms with Crippen LogP contribution in [0.2, 0.25) is 0 Å². The normalized spacial score (nSPS) is 21.3. The van der Waals surface area contributed by atoms with E-state index in [2.05, 4.69) is 4.98 Å². The van der Waals surface area contributed by atoms with Gasteiger partial charge < -0.3 is 10.0 Å². The van der Waals surface area contributed by atoms with Crippen molar-refractivity contribution in [3.63, 3.8) is 0 Å². The Hall–Kier alpha value is -2.43. The molecule has 1 aromatic heterocycles. The van der Waals surface area contributed by atoms with Gasteiger partial charge in [0.15, 0.2) is 0 Å². The molecule has 1 aromatic carbocycles. The van der Waals surface area contributed by atoms with E-state index in [0.717, 1.165) is 16.6 Å². The number of aromatic nitrogens is 1. The molecule has 22 heavy (non-hydrogen) atoms. The highest BCUT2D eigenvalue weighted by molar-refractivity contribution is 5.98. The zero-order valence-electron chi connectivity index (χ0n) is 12.6. The van der Waals surface area contributed by atoms with Gasteiger partial charge in [-0.3, -0.25) is 14.6 Å². The van der Waals surface area contributed by atoms with Crippen LogP contribution in [0.4, 0.5) is 0 Å². The molecule has 0 saturated carbocycles. The molecule has 5 heteroatoms. The summed E-state index contributed by atoms with van der Waals surface area (Å²) in [5.74, 6) is -1.45. The van der Waals surface area contributed by atoms with E-state index in [9.17, 15) is 14.7 Å². The molecule has 1 aliphatic heterocycles. The third-order valence-electron chi connectivity index (χ3n) is 4.29.